The molecular formula is C19H16O4. The SMILES string of the molecule is Cc1cc(=O)oc(C)c1C(=O)OCc1cccc2ccccc12. The molecule has 0 N–H and O–H groups in total. The number of carbonyl (C=O) groups is 1. The fourth-order valence-electron chi connectivity index (χ4n) is 2.70. The first-order valence-corrected chi connectivity index (χ1v) is 7.31. The van der Waals surface area contributed by atoms with Gasteiger partial charge in [-0.05, 0) is 35.7 Å². The van der Waals surface area contributed by atoms with Crippen LogP contribution in [0, 0.1) is 13.8 Å². The number of carbonyl (C=O) groups excluding carboxylic acids is 1. The van der Waals surface area contributed by atoms with E-state index in [2.05, 4.69) is 0 Å². The highest BCUT2D eigenvalue weighted by atomic mass is 16.5. The van der Waals surface area contributed by atoms with Crippen LogP contribution in [0.4, 0.5) is 0 Å². The van der Waals surface area contributed by atoms with Gasteiger partial charge in [-0.1, -0.05) is 42.5 Å². The Balaban J connectivity index is 1.86. The van der Waals surface area contributed by atoms with Crippen LogP contribution in [-0.4, -0.2) is 5.97 Å². The van der Waals surface area contributed by atoms with Crippen molar-refractivity contribution in [1.82, 2.24) is 0 Å². The van der Waals surface area contributed by atoms with Gasteiger partial charge in [0.15, 0.2) is 0 Å². The smallest absolute Gasteiger partial charge is 0.342 e. The van der Waals surface area contributed by atoms with Crippen LogP contribution in [0.3, 0.4) is 0 Å². The van der Waals surface area contributed by atoms with Gasteiger partial charge >= 0.3 is 11.6 Å². The van der Waals surface area contributed by atoms with Crippen LogP contribution in [0.1, 0.15) is 27.2 Å². The molecule has 0 saturated heterocycles. The van der Waals surface area contributed by atoms with Gasteiger partial charge in [-0.3, -0.25) is 0 Å². The molecule has 1 aromatic heterocycles. The molecule has 0 radical (unpaired) electrons. The fraction of sp³-hybridized carbons (Fsp3) is 0.158. The number of ether oxygens (including phenoxy) is 1. The first-order valence-electron chi connectivity index (χ1n) is 7.31. The number of hydrogen-bond donors (Lipinski definition) is 0. The lowest BCUT2D eigenvalue weighted by Crippen LogP contribution is -2.12. The van der Waals surface area contributed by atoms with Crippen molar-refractivity contribution in [2.45, 2.75) is 20.5 Å². The van der Waals surface area contributed by atoms with Gasteiger partial charge in [0.1, 0.15) is 17.9 Å². The summed E-state index contributed by atoms with van der Waals surface area (Å²) in [7, 11) is 0. The van der Waals surface area contributed by atoms with Crippen LogP contribution in [0.25, 0.3) is 10.8 Å². The zero-order valence-electron chi connectivity index (χ0n) is 13.0. The molecule has 0 bridgehead atoms. The summed E-state index contributed by atoms with van der Waals surface area (Å²) in [6.45, 7) is 3.44. The molecule has 0 fully saturated rings. The second kappa shape index (κ2) is 6.08. The molecule has 23 heavy (non-hydrogen) atoms. The Kier molecular flexibility index (Phi) is 3.98. The number of rotatable bonds is 3. The summed E-state index contributed by atoms with van der Waals surface area (Å²) < 4.78 is 10.4. The van der Waals surface area contributed by atoms with E-state index in [1.54, 1.807) is 13.8 Å². The van der Waals surface area contributed by atoms with Crippen molar-refractivity contribution in [3.05, 3.63) is 81.4 Å². The highest BCUT2D eigenvalue weighted by Gasteiger charge is 2.17. The number of hydrogen-bond acceptors (Lipinski definition) is 4. The standard InChI is InChI=1S/C19H16O4/c1-12-10-17(20)23-13(2)18(12)19(21)22-11-15-8-5-7-14-6-3-4-9-16(14)15/h3-10H,11H2,1-2H3. The first kappa shape index (κ1) is 15.0. The van der Waals surface area contributed by atoms with Crippen molar-refractivity contribution in [1.29, 1.82) is 0 Å². The Labute approximate surface area is 133 Å². The minimum absolute atomic E-state index is 0.165. The van der Waals surface area contributed by atoms with Crippen LogP contribution in [0.15, 0.2) is 57.7 Å². The van der Waals surface area contributed by atoms with E-state index in [9.17, 15) is 9.59 Å². The van der Waals surface area contributed by atoms with E-state index in [0.717, 1.165) is 16.3 Å². The lowest BCUT2D eigenvalue weighted by Gasteiger charge is -2.10. The monoisotopic (exact) mass is 308 g/mol. The average Bonchev–Trinajstić information content (AvgIpc) is 2.52. The van der Waals surface area contributed by atoms with E-state index in [4.69, 9.17) is 9.15 Å². The third-order valence-electron chi connectivity index (χ3n) is 3.78. The Hall–Kier alpha value is -2.88. The summed E-state index contributed by atoms with van der Waals surface area (Å²) in [6.07, 6.45) is 0. The maximum Gasteiger partial charge on any atom is 0.342 e. The van der Waals surface area contributed by atoms with E-state index in [1.807, 2.05) is 42.5 Å². The topological polar surface area (TPSA) is 56.5 Å². The molecule has 1 heterocycles. The Morgan fingerprint density at radius 2 is 1.83 bits per heavy atom. The van der Waals surface area contributed by atoms with E-state index in [-0.39, 0.29) is 12.4 Å². The molecule has 4 heteroatoms. The van der Waals surface area contributed by atoms with Crippen LogP contribution in [0.5, 0.6) is 0 Å². The molecule has 3 rings (SSSR count). The lowest BCUT2D eigenvalue weighted by molar-refractivity contribution is 0.0469. The maximum atomic E-state index is 12.3. The van der Waals surface area contributed by atoms with Gasteiger partial charge in [-0.15, -0.1) is 0 Å². The Morgan fingerprint density at radius 3 is 2.61 bits per heavy atom. The molecule has 116 valence electrons. The maximum absolute atomic E-state index is 12.3. The van der Waals surface area contributed by atoms with Crippen LogP contribution >= 0.6 is 0 Å². The Morgan fingerprint density at radius 1 is 1.09 bits per heavy atom. The quantitative estimate of drug-likeness (QED) is 0.691. The first-order chi connectivity index (χ1) is 11.1. The van der Waals surface area contributed by atoms with Crippen molar-refractivity contribution < 1.29 is 13.9 Å². The van der Waals surface area contributed by atoms with Gasteiger partial charge in [-0.2, -0.15) is 0 Å². The number of benzene rings is 2. The van der Waals surface area contributed by atoms with Gasteiger partial charge in [0.05, 0.1) is 0 Å². The summed E-state index contributed by atoms with van der Waals surface area (Å²) in [5.41, 5.74) is 1.33. The van der Waals surface area contributed by atoms with Crippen molar-refractivity contribution in [3.63, 3.8) is 0 Å². The minimum Gasteiger partial charge on any atom is -0.457 e. The van der Waals surface area contributed by atoms with Gasteiger partial charge < -0.3 is 9.15 Å². The second-order valence-electron chi connectivity index (χ2n) is 5.39. The zero-order valence-corrected chi connectivity index (χ0v) is 13.0. The summed E-state index contributed by atoms with van der Waals surface area (Å²) >= 11 is 0. The molecule has 0 aliphatic carbocycles. The molecular weight excluding hydrogens is 292 g/mol. The third kappa shape index (κ3) is 3.01. The number of aryl methyl sites for hydroxylation is 2. The molecule has 2 aromatic carbocycles. The van der Waals surface area contributed by atoms with Crippen molar-refractivity contribution in [2.24, 2.45) is 0 Å². The fourth-order valence-corrected chi connectivity index (χ4v) is 2.70. The predicted molar refractivity (Wildman–Crippen MR) is 87.5 cm³/mol. The van der Waals surface area contributed by atoms with E-state index in [0.29, 0.717) is 11.1 Å². The Bertz CT molecular complexity index is 906. The normalized spacial score (nSPS) is 10.7. The number of fused-ring (bicyclic) bond motifs is 1. The third-order valence-corrected chi connectivity index (χ3v) is 3.78. The van der Waals surface area contributed by atoms with Crippen molar-refractivity contribution in [2.75, 3.05) is 0 Å². The van der Waals surface area contributed by atoms with Crippen LogP contribution < -0.4 is 5.63 Å². The summed E-state index contributed by atoms with van der Waals surface area (Å²) in [5, 5.41) is 2.15. The largest absolute Gasteiger partial charge is 0.457 e. The summed E-state index contributed by atoms with van der Waals surface area (Å²) in [4.78, 5) is 23.6. The molecule has 0 saturated carbocycles. The van der Waals surface area contributed by atoms with Crippen molar-refractivity contribution >= 4 is 16.7 Å². The average molecular weight is 308 g/mol. The highest BCUT2D eigenvalue weighted by Crippen LogP contribution is 2.20. The molecule has 0 amide bonds. The van der Waals surface area contributed by atoms with Crippen molar-refractivity contribution in [3.8, 4) is 0 Å². The van der Waals surface area contributed by atoms with Crippen LogP contribution in [-0.2, 0) is 11.3 Å². The minimum atomic E-state index is -0.489. The molecule has 0 aliphatic rings. The predicted octanol–water partition coefficient (Wildman–Crippen LogP) is 3.77. The zero-order chi connectivity index (χ0) is 16.4. The lowest BCUT2D eigenvalue weighted by atomic mass is 10.1. The summed E-state index contributed by atoms with van der Waals surface area (Å²) in [6, 6.07) is 15.1. The molecule has 0 spiro atoms. The molecule has 0 atom stereocenters. The van der Waals surface area contributed by atoms with E-state index in [1.165, 1.54) is 6.07 Å². The van der Waals surface area contributed by atoms with E-state index < -0.39 is 11.6 Å². The van der Waals surface area contributed by atoms with Gasteiger partial charge in [-0.25, -0.2) is 9.59 Å². The van der Waals surface area contributed by atoms with Crippen LogP contribution in [0.2, 0.25) is 0 Å². The molecule has 0 aliphatic heterocycles. The second-order valence-corrected chi connectivity index (χ2v) is 5.39. The molecule has 0 unspecified atom stereocenters. The molecule has 4 nitrogen and oxygen atoms in total. The number of esters is 1. The molecule has 3 aromatic rings. The van der Waals surface area contributed by atoms with Gasteiger partial charge in [0, 0.05) is 6.07 Å². The van der Waals surface area contributed by atoms with E-state index >= 15 is 0 Å². The van der Waals surface area contributed by atoms with Gasteiger partial charge in [0.2, 0.25) is 0 Å². The highest BCUT2D eigenvalue weighted by molar-refractivity contribution is 5.92. The van der Waals surface area contributed by atoms with Gasteiger partial charge in [0.25, 0.3) is 0 Å². The summed E-state index contributed by atoms with van der Waals surface area (Å²) in [5.74, 6) is -0.213.